The van der Waals surface area contributed by atoms with Crippen molar-refractivity contribution in [3.8, 4) is 5.75 Å². The summed E-state index contributed by atoms with van der Waals surface area (Å²) < 4.78 is 0. The molecule has 2 atom stereocenters. The molecule has 1 aromatic rings. The van der Waals surface area contributed by atoms with Gasteiger partial charge in [0.25, 0.3) is 0 Å². The van der Waals surface area contributed by atoms with Gasteiger partial charge in [-0.1, -0.05) is 12.1 Å². The Morgan fingerprint density at radius 1 is 1.41 bits per heavy atom. The van der Waals surface area contributed by atoms with Crippen LogP contribution in [0.5, 0.6) is 5.75 Å². The second-order valence-corrected chi connectivity index (χ2v) is 5.54. The lowest BCUT2D eigenvalue weighted by Gasteiger charge is -2.32. The van der Waals surface area contributed by atoms with Gasteiger partial charge in [0.05, 0.1) is 19.1 Å². The molecule has 22 heavy (non-hydrogen) atoms. The molecule has 120 valence electrons. The summed E-state index contributed by atoms with van der Waals surface area (Å²) in [5.74, 6) is -1.95. The van der Waals surface area contributed by atoms with E-state index in [0.717, 1.165) is 10.5 Å². The Labute approximate surface area is 128 Å². The van der Waals surface area contributed by atoms with Gasteiger partial charge < -0.3 is 15.5 Å². The summed E-state index contributed by atoms with van der Waals surface area (Å²) in [4.78, 5) is 25.0. The van der Waals surface area contributed by atoms with Gasteiger partial charge in [0.15, 0.2) is 0 Å². The third-order valence-electron chi connectivity index (χ3n) is 3.60. The standard InChI is InChI=1S/C15H21N3O4/c1-10(19)8-18-14(21)13(17-15(18,22)9-16-2)7-11-3-5-12(20)6-4-11/h3-6,13,16-17,20,22H,7-9H2,1-2H3. The van der Waals surface area contributed by atoms with E-state index in [1.807, 2.05) is 0 Å². The number of Topliss-reactive ketones (excluding diaryl/α,β-unsaturated/α-hetero) is 1. The molecular weight excluding hydrogens is 286 g/mol. The number of aliphatic hydroxyl groups is 1. The van der Waals surface area contributed by atoms with E-state index in [2.05, 4.69) is 10.6 Å². The van der Waals surface area contributed by atoms with Crippen LogP contribution in [0.15, 0.2) is 24.3 Å². The molecule has 2 unspecified atom stereocenters. The fourth-order valence-corrected chi connectivity index (χ4v) is 2.62. The van der Waals surface area contributed by atoms with Crippen LogP contribution in [0.2, 0.25) is 0 Å². The van der Waals surface area contributed by atoms with Crippen molar-refractivity contribution in [2.75, 3.05) is 20.1 Å². The Hall–Kier alpha value is -1.96. The highest BCUT2D eigenvalue weighted by Crippen LogP contribution is 2.22. The minimum absolute atomic E-state index is 0.109. The Morgan fingerprint density at radius 3 is 2.59 bits per heavy atom. The predicted octanol–water partition coefficient (Wildman–Crippen LogP) is -0.810. The van der Waals surface area contributed by atoms with Gasteiger partial charge in [0.1, 0.15) is 11.5 Å². The summed E-state index contributed by atoms with van der Waals surface area (Å²) in [6.07, 6.45) is 0.361. The van der Waals surface area contributed by atoms with Crippen molar-refractivity contribution in [3.63, 3.8) is 0 Å². The molecule has 1 amide bonds. The number of likely N-dealkylation sites (N-methyl/N-ethyl adjacent to an activating group) is 1. The van der Waals surface area contributed by atoms with Gasteiger partial charge in [-0.2, -0.15) is 0 Å². The zero-order valence-corrected chi connectivity index (χ0v) is 12.7. The van der Waals surface area contributed by atoms with Gasteiger partial charge in [-0.05, 0) is 38.1 Å². The van der Waals surface area contributed by atoms with Gasteiger partial charge in [0.2, 0.25) is 11.8 Å². The largest absolute Gasteiger partial charge is 0.508 e. The summed E-state index contributed by atoms with van der Waals surface area (Å²) in [6, 6.07) is 5.90. The van der Waals surface area contributed by atoms with Gasteiger partial charge >= 0.3 is 0 Å². The van der Waals surface area contributed by atoms with Crippen LogP contribution in [0.3, 0.4) is 0 Å². The number of hydrogen-bond acceptors (Lipinski definition) is 6. The van der Waals surface area contributed by atoms with Crippen LogP contribution in [-0.2, 0) is 16.0 Å². The van der Waals surface area contributed by atoms with Crippen LogP contribution < -0.4 is 10.6 Å². The molecule has 1 heterocycles. The Bertz CT molecular complexity index is 560. The lowest BCUT2D eigenvalue weighted by atomic mass is 10.1. The molecule has 1 aliphatic heterocycles. The molecule has 2 rings (SSSR count). The summed E-state index contributed by atoms with van der Waals surface area (Å²) in [6.45, 7) is 1.34. The molecule has 0 bridgehead atoms. The quantitative estimate of drug-likeness (QED) is 0.548. The zero-order chi connectivity index (χ0) is 16.3. The van der Waals surface area contributed by atoms with Crippen LogP contribution in [0, 0.1) is 0 Å². The fourth-order valence-electron chi connectivity index (χ4n) is 2.62. The van der Waals surface area contributed by atoms with Crippen molar-refractivity contribution in [2.45, 2.75) is 25.2 Å². The minimum atomic E-state index is -1.58. The third-order valence-corrected chi connectivity index (χ3v) is 3.60. The number of hydrogen-bond donors (Lipinski definition) is 4. The van der Waals surface area contributed by atoms with E-state index in [-0.39, 0.29) is 30.5 Å². The third kappa shape index (κ3) is 3.44. The van der Waals surface area contributed by atoms with Crippen LogP contribution in [0.1, 0.15) is 12.5 Å². The van der Waals surface area contributed by atoms with Crippen molar-refractivity contribution in [1.82, 2.24) is 15.5 Å². The molecule has 0 aliphatic carbocycles. The number of carbonyl (C=O) groups is 2. The van der Waals surface area contributed by atoms with Crippen molar-refractivity contribution < 1.29 is 19.8 Å². The molecule has 1 saturated heterocycles. The first kappa shape index (κ1) is 16.4. The number of phenols is 1. The minimum Gasteiger partial charge on any atom is -0.508 e. The maximum absolute atomic E-state index is 12.5. The van der Waals surface area contributed by atoms with E-state index >= 15 is 0 Å². The molecule has 0 radical (unpaired) electrons. The number of ketones is 1. The molecular formula is C15H21N3O4. The van der Waals surface area contributed by atoms with Crippen molar-refractivity contribution in [2.24, 2.45) is 0 Å². The predicted molar refractivity (Wildman–Crippen MR) is 80.0 cm³/mol. The van der Waals surface area contributed by atoms with Crippen LogP contribution in [0.25, 0.3) is 0 Å². The van der Waals surface area contributed by atoms with E-state index < -0.39 is 11.9 Å². The maximum atomic E-state index is 12.5. The number of benzene rings is 1. The number of amides is 1. The molecule has 0 aromatic heterocycles. The first-order valence-corrected chi connectivity index (χ1v) is 7.09. The highest BCUT2D eigenvalue weighted by atomic mass is 16.3. The van der Waals surface area contributed by atoms with Crippen LogP contribution in [-0.4, -0.2) is 58.8 Å². The van der Waals surface area contributed by atoms with E-state index in [0.29, 0.717) is 6.42 Å². The highest BCUT2D eigenvalue weighted by Gasteiger charge is 2.49. The molecule has 1 fully saturated rings. The van der Waals surface area contributed by atoms with Crippen LogP contribution in [0.4, 0.5) is 0 Å². The summed E-state index contributed by atoms with van der Waals surface area (Å²) in [7, 11) is 1.66. The Kier molecular flexibility index (Phi) is 4.80. The van der Waals surface area contributed by atoms with Crippen molar-refractivity contribution in [1.29, 1.82) is 0 Å². The summed E-state index contributed by atoms with van der Waals surface area (Å²) >= 11 is 0. The molecule has 0 saturated carbocycles. The monoisotopic (exact) mass is 307 g/mol. The first-order chi connectivity index (χ1) is 10.4. The highest BCUT2D eigenvalue weighted by molar-refractivity contribution is 5.89. The van der Waals surface area contributed by atoms with Gasteiger partial charge in [-0.3, -0.25) is 19.8 Å². The number of phenolic OH excluding ortho intramolecular Hbond substituents is 1. The van der Waals surface area contributed by atoms with Crippen molar-refractivity contribution in [3.05, 3.63) is 29.8 Å². The van der Waals surface area contributed by atoms with E-state index in [9.17, 15) is 19.8 Å². The molecule has 4 N–H and O–H groups in total. The smallest absolute Gasteiger partial charge is 0.243 e. The van der Waals surface area contributed by atoms with E-state index in [1.165, 1.54) is 6.92 Å². The number of carbonyl (C=O) groups excluding carboxylic acids is 2. The first-order valence-electron chi connectivity index (χ1n) is 7.09. The molecule has 1 aliphatic rings. The van der Waals surface area contributed by atoms with E-state index in [4.69, 9.17) is 0 Å². The second kappa shape index (κ2) is 6.43. The SMILES string of the molecule is CNCC1(O)NC(Cc2ccc(O)cc2)C(=O)N1CC(C)=O. The maximum Gasteiger partial charge on any atom is 0.243 e. The Morgan fingerprint density at radius 2 is 2.05 bits per heavy atom. The average Bonchev–Trinajstić information content (AvgIpc) is 2.66. The topological polar surface area (TPSA) is 102 Å². The lowest BCUT2D eigenvalue weighted by Crippen LogP contribution is -2.59. The average molecular weight is 307 g/mol. The summed E-state index contributed by atoms with van der Waals surface area (Å²) in [5, 5.41) is 25.6. The molecule has 7 heteroatoms. The fraction of sp³-hybridized carbons (Fsp3) is 0.467. The molecule has 0 spiro atoms. The zero-order valence-electron chi connectivity index (χ0n) is 12.7. The summed E-state index contributed by atoms with van der Waals surface area (Å²) in [5.41, 5.74) is 0.847. The number of nitrogens with zero attached hydrogens (tertiary/aromatic N) is 1. The second-order valence-electron chi connectivity index (χ2n) is 5.54. The normalized spacial score (nSPS) is 24.8. The number of rotatable bonds is 6. The Balaban J connectivity index is 2.17. The van der Waals surface area contributed by atoms with Gasteiger partial charge in [0, 0.05) is 0 Å². The molecule has 1 aromatic carbocycles. The number of nitrogens with one attached hydrogen (secondary N) is 2. The molecule has 7 nitrogen and oxygen atoms in total. The van der Waals surface area contributed by atoms with Gasteiger partial charge in [-0.25, -0.2) is 0 Å². The number of aromatic hydroxyl groups is 1. The van der Waals surface area contributed by atoms with Gasteiger partial charge in [-0.15, -0.1) is 0 Å². The lowest BCUT2D eigenvalue weighted by molar-refractivity contribution is -0.151. The van der Waals surface area contributed by atoms with E-state index in [1.54, 1.807) is 31.3 Å². The van der Waals surface area contributed by atoms with Crippen molar-refractivity contribution >= 4 is 11.7 Å². The van der Waals surface area contributed by atoms with Crippen LogP contribution >= 0.6 is 0 Å².